The molecule has 0 bridgehead atoms. The summed E-state index contributed by atoms with van der Waals surface area (Å²) in [5.74, 6) is -1.01. The van der Waals surface area contributed by atoms with Crippen molar-refractivity contribution in [3.63, 3.8) is 0 Å². The van der Waals surface area contributed by atoms with Crippen molar-refractivity contribution in [1.82, 2.24) is 4.72 Å². The predicted molar refractivity (Wildman–Crippen MR) is 74.6 cm³/mol. The molecule has 20 heavy (non-hydrogen) atoms. The van der Waals surface area contributed by atoms with Crippen LogP contribution in [0, 0.1) is 5.82 Å². The van der Waals surface area contributed by atoms with E-state index < -0.39 is 26.3 Å². The summed E-state index contributed by atoms with van der Waals surface area (Å²) in [6.45, 7) is 0.0949. The van der Waals surface area contributed by atoms with Crippen molar-refractivity contribution in [3.05, 3.63) is 23.0 Å². The number of sulfonamides is 1. The summed E-state index contributed by atoms with van der Waals surface area (Å²) in [6.07, 6.45) is 2.52. The van der Waals surface area contributed by atoms with Gasteiger partial charge < -0.3 is 10.5 Å². The van der Waals surface area contributed by atoms with Crippen molar-refractivity contribution in [2.24, 2.45) is 0 Å². The molecule has 0 aliphatic heterocycles. The maximum Gasteiger partial charge on any atom is 0.243 e. The Morgan fingerprint density at radius 3 is 2.65 bits per heavy atom. The molecule has 0 aromatic heterocycles. The van der Waals surface area contributed by atoms with E-state index in [2.05, 4.69) is 4.72 Å². The quantitative estimate of drug-likeness (QED) is 0.811. The number of anilines is 1. The Labute approximate surface area is 122 Å². The first-order valence-electron chi connectivity index (χ1n) is 6.09. The highest BCUT2D eigenvalue weighted by Gasteiger charge is 2.38. The van der Waals surface area contributed by atoms with Crippen LogP contribution in [0.5, 0.6) is 0 Å². The van der Waals surface area contributed by atoms with Gasteiger partial charge in [0.05, 0.1) is 10.6 Å². The van der Waals surface area contributed by atoms with E-state index in [4.69, 9.17) is 22.1 Å². The number of ether oxygens (including phenoxy) is 1. The van der Waals surface area contributed by atoms with E-state index in [0.717, 1.165) is 25.3 Å². The van der Waals surface area contributed by atoms with Crippen LogP contribution < -0.4 is 10.5 Å². The van der Waals surface area contributed by atoms with Crippen molar-refractivity contribution in [1.29, 1.82) is 0 Å². The number of hydrogen-bond acceptors (Lipinski definition) is 4. The van der Waals surface area contributed by atoms with Gasteiger partial charge in [-0.15, -0.1) is 0 Å². The molecule has 0 spiro atoms. The average molecular weight is 323 g/mol. The number of nitrogens with two attached hydrogens (primary N) is 1. The maximum atomic E-state index is 13.8. The minimum Gasteiger partial charge on any atom is -0.399 e. The number of halogens is 2. The van der Waals surface area contributed by atoms with E-state index in [1.807, 2.05) is 0 Å². The summed E-state index contributed by atoms with van der Waals surface area (Å²) in [4.78, 5) is -0.548. The second-order valence-corrected chi connectivity index (χ2v) is 7.02. The number of hydrogen-bond donors (Lipinski definition) is 2. The van der Waals surface area contributed by atoms with Crippen LogP contribution in [0.2, 0.25) is 5.02 Å². The Hall–Kier alpha value is -0.890. The zero-order valence-electron chi connectivity index (χ0n) is 10.9. The summed E-state index contributed by atoms with van der Waals surface area (Å²) < 4.78 is 45.8. The zero-order valence-corrected chi connectivity index (χ0v) is 12.5. The lowest BCUT2D eigenvalue weighted by Gasteiger charge is -2.40. The summed E-state index contributed by atoms with van der Waals surface area (Å²) in [7, 11) is -2.49. The van der Waals surface area contributed by atoms with Gasteiger partial charge in [-0.2, -0.15) is 0 Å². The highest BCUT2D eigenvalue weighted by atomic mass is 35.5. The molecule has 0 saturated heterocycles. The Kier molecular flexibility index (Phi) is 4.24. The average Bonchev–Trinajstić information content (AvgIpc) is 2.32. The molecule has 0 unspecified atom stereocenters. The van der Waals surface area contributed by atoms with Crippen molar-refractivity contribution >= 4 is 27.3 Å². The second kappa shape index (κ2) is 5.48. The second-order valence-electron chi connectivity index (χ2n) is 4.88. The van der Waals surface area contributed by atoms with Gasteiger partial charge in [0, 0.05) is 19.3 Å². The SMILES string of the molecule is COC1(CNS(=O)(=O)c2cc(N)cc(Cl)c2F)CCC1. The van der Waals surface area contributed by atoms with Crippen LogP contribution in [0.15, 0.2) is 17.0 Å². The molecule has 8 heteroatoms. The largest absolute Gasteiger partial charge is 0.399 e. The molecule has 0 amide bonds. The first-order chi connectivity index (χ1) is 9.30. The smallest absolute Gasteiger partial charge is 0.243 e. The normalized spacial score (nSPS) is 17.8. The van der Waals surface area contributed by atoms with Gasteiger partial charge in [0.2, 0.25) is 10.0 Å². The third-order valence-electron chi connectivity index (χ3n) is 3.59. The molecule has 1 aromatic rings. The molecule has 3 N–H and O–H groups in total. The number of benzene rings is 1. The maximum absolute atomic E-state index is 13.8. The molecular formula is C12H16ClFN2O3S. The molecule has 1 aromatic carbocycles. The highest BCUT2D eigenvalue weighted by molar-refractivity contribution is 7.89. The fourth-order valence-corrected chi connectivity index (χ4v) is 3.64. The number of nitrogen functional groups attached to an aromatic ring is 1. The third kappa shape index (κ3) is 2.90. The van der Waals surface area contributed by atoms with Crippen LogP contribution in [-0.2, 0) is 14.8 Å². The Morgan fingerprint density at radius 1 is 1.50 bits per heavy atom. The van der Waals surface area contributed by atoms with E-state index in [0.29, 0.717) is 0 Å². The van der Waals surface area contributed by atoms with E-state index in [-0.39, 0.29) is 17.3 Å². The number of rotatable bonds is 5. The minimum atomic E-state index is -4.02. The first-order valence-corrected chi connectivity index (χ1v) is 7.95. The van der Waals surface area contributed by atoms with Crippen molar-refractivity contribution in [3.8, 4) is 0 Å². The Balaban J connectivity index is 2.23. The van der Waals surface area contributed by atoms with E-state index in [1.54, 1.807) is 0 Å². The van der Waals surface area contributed by atoms with Crippen LogP contribution in [-0.4, -0.2) is 27.7 Å². The van der Waals surface area contributed by atoms with Crippen molar-refractivity contribution < 1.29 is 17.5 Å². The molecule has 1 fully saturated rings. The van der Waals surface area contributed by atoms with Crippen LogP contribution in [0.25, 0.3) is 0 Å². The predicted octanol–water partition coefficient (Wildman–Crippen LogP) is 1.91. The van der Waals surface area contributed by atoms with Crippen molar-refractivity contribution in [2.45, 2.75) is 29.8 Å². The van der Waals surface area contributed by atoms with E-state index in [9.17, 15) is 12.8 Å². The molecule has 1 aliphatic rings. The van der Waals surface area contributed by atoms with E-state index in [1.165, 1.54) is 13.2 Å². The third-order valence-corrected chi connectivity index (χ3v) is 5.26. The molecule has 0 radical (unpaired) electrons. The van der Waals surface area contributed by atoms with Crippen LogP contribution in [0.4, 0.5) is 10.1 Å². The topological polar surface area (TPSA) is 81.4 Å². The van der Waals surface area contributed by atoms with Gasteiger partial charge in [-0.3, -0.25) is 0 Å². The van der Waals surface area contributed by atoms with Gasteiger partial charge in [-0.25, -0.2) is 17.5 Å². The molecule has 112 valence electrons. The van der Waals surface area contributed by atoms with Gasteiger partial charge in [0.1, 0.15) is 4.90 Å². The van der Waals surface area contributed by atoms with E-state index >= 15 is 0 Å². The summed E-state index contributed by atoms with van der Waals surface area (Å²) in [5, 5.41) is -0.324. The fraction of sp³-hybridized carbons (Fsp3) is 0.500. The lowest BCUT2D eigenvalue weighted by molar-refractivity contribution is -0.0659. The molecule has 0 heterocycles. The first kappa shape index (κ1) is 15.5. The van der Waals surface area contributed by atoms with Gasteiger partial charge in [0.15, 0.2) is 5.82 Å². The summed E-state index contributed by atoms with van der Waals surface area (Å²) >= 11 is 5.61. The highest BCUT2D eigenvalue weighted by Crippen LogP contribution is 2.35. The monoisotopic (exact) mass is 322 g/mol. The Bertz CT molecular complexity index is 612. The van der Waals surface area contributed by atoms with Gasteiger partial charge >= 0.3 is 0 Å². The van der Waals surface area contributed by atoms with Crippen LogP contribution in [0.1, 0.15) is 19.3 Å². The lowest BCUT2D eigenvalue weighted by Crippen LogP contribution is -2.49. The zero-order chi connectivity index (χ0) is 15.0. The van der Waals surface area contributed by atoms with Gasteiger partial charge in [-0.1, -0.05) is 11.6 Å². The standard InChI is InChI=1S/C12H16ClFN2O3S/c1-19-12(3-2-4-12)7-16-20(17,18)10-6-8(15)5-9(13)11(10)14/h5-6,16H,2-4,7,15H2,1H3. The molecular weight excluding hydrogens is 307 g/mol. The molecule has 5 nitrogen and oxygen atoms in total. The molecule has 1 saturated carbocycles. The summed E-state index contributed by atoms with van der Waals surface area (Å²) in [6, 6.07) is 2.21. The fourth-order valence-electron chi connectivity index (χ4n) is 2.11. The Morgan fingerprint density at radius 2 is 2.15 bits per heavy atom. The van der Waals surface area contributed by atoms with Gasteiger partial charge in [-0.05, 0) is 31.4 Å². The van der Waals surface area contributed by atoms with Gasteiger partial charge in [0.25, 0.3) is 0 Å². The van der Waals surface area contributed by atoms with Crippen LogP contribution >= 0.6 is 11.6 Å². The van der Waals surface area contributed by atoms with Crippen LogP contribution in [0.3, 0.4) is 0 Å². The molecule has 0 atom stereocenters. The number of methoxy groups -OCH3 is 1. The molecule has 2 rings (SSSR count). The number of nitrogens with one attached hydrogen (secondary N) is 1. The minimum absolute atomic E-state index is 0.0851. The lowest BCUT2D eigenvalue weighted by atomic mass is 9.80. The summed E-state index contributed by atoms with van der Waals surface area (Å²) in [5.41, 5.74) is 5.10. The molecule has 1 aliphatic carbocycles. The van der Waals surface area contributed by atoms with Crippen molar-refractivity contribution in [2.75, 3.05) is 19.4 Å².